The summed E-state index contributed by atoms with van der Waals surface area (Å²) in [6, 6.07) is 11.4. The summed E-state index contributed by atoms with van der Waals surface area (Å²) in [6.07, 6.45) is 9.76. The van der Waals surface area contributed by atoms with Crippen LogP contribution in [0.4, 0.5) is 29.2 Å². The van der Waals surface area contributed by atoms with E-state index in [1.165, 1.54) is 12.5 Å². The van der Waals surface area contributed by atoms with Crippen molar-refractivity contribution in [2.45, 2.75) is 32.2 Å². The largest absolute Gasteiger partial charge is 0.506 e. The van der Waals surface area contributed by atoms with Gasteiger partial charge in [0.25, 0.3) is 5.91 Å². The molecule has 0 saturated carbocycles. The number of hydrogen-bond donors (Lipinski definition) is 6. The molecule has 1 amide bonds. The molecule has 0 aliphatic carbocycles. The van der Waals surface area contributed by atoms with Gasteiger partial charge in [0.15, 0.2) is 0 Å². The second kappa shape index (κ2) is 16.3. The average Bonchev–Trinajstić information content (AvgIpc) is 3.47. The Balaban J connectivity index is 0.00000370. The van der Waals surface area contributed by atoms with E-state index in [4.69, 9.17) is 11.6 Å². The first-order chi connectivity index (χ1) is 19.0. The van der Waals surface area contributed by atoms with Crippen LogP contribution in [0.5, 0.6) is 5.75 Å². The molecule has 0 radical (unpaired) electrons. The van der Waals surface area contributed by atoms with Crippen molar-refractivity contribution in [1.82, 2.24) is 36.8 Å². The van der Waals surface area contributed by atoms with Crippen molar-refractivity contribution in [2.75, 3.05) is 40.5 Å². The Labute approximate surface area is 258 Å². The molecule has 13 nitrogen and oxygen atoms in total. The first-order valence-corrected chi connectivity index (χ1v) is 13.3. The van der Waals surface area contributed by atoms with Crippen molar-refractivity contribution >= 4 is 59.1 Å². The number of nitrogens with one attached hydrogen (secondary N) is 3. The first kappa shape index (κ1) is 34.0. The number of carbonyl (C=O) groups is 1. The molecule has 0 unspecified atom stereocenters. The highest BCUT2D eigenvalue weighted by molar-refractivity contribution is 6.30. The number of anilines is 5. The van der Waals surface area contributed by atoms with Crippen molar-refractivity contribution in [2.24, 2.45) is 0 Å². The van der Waals surface area contributed by atoms with E-state index in [1.54, 1.807) is 48.9 Å². The van der Waals surface area contributed by atoms with Crippen LogP contribution in [0.15, 0.2) is 61.2 Å². The fourth-order valence-electron chi connectivity index (χ4n) is 4.26. The van der Waals surface area contributed by atoms with Gasteiger partial charge in [-0.3, -0.25) is 4.79 Å². The Morgan fingerprint density at radius 1 is 1.00 bits per heavy atom. The third-order valence-electron chi connectivity index (χ3n) is 6.31. The van der Waals surface area contributed by atoms with E-state index in [0.29, 0.717) is 40.7 Å². The van der Waals surface area contributed by atoms with Crippen LogP contribution in [-0.2, 0) is 6.54 Å². The monoisotopic (exact) mass is 621 g/mol. The summed E-state index contributed by atoms with van der Waals surface area (Å²) >= 11 is 5.90. The smallest absolute Gasteiger partial charge is 0.255 e. The van der Waals surface area contributed by atoms with Gasteiger partial charge in [0.05, 0.1) is 12.0 Å². The van der Waals surface area contributed by atoms with Gasteiger partial charge in [0, 0.05) is 63.8 Å². The quantitative estimate of drug-likeness (QED) is 0.0874. The fourth-order valence-corrected chi connectivity index (χ4v) is 4.38. The number of halogens is 2. The van der Waals surface area contributed by atoms with Gasteiger partial charge >= 0.3 is 0 Å². The normalized spacial score (nSPS) is 12.3. The van der Waals surface area contributed by atoms with Crippen LogP contribution >= 0.6 is 24.0 Å². The third-order valence-corrected chi connectivity index (χ3v) is 6.56. The second-order valence-corrected chi connectivity index (χ2v) is 9.67. The number of aryl methyl sites for hydroxylation is 1. The van der Waals surface area contributed by atoms with Crippen LogP contribution in [0.2, 0.25) is 5.02 Å². The lowest BCUT2D eigenvalue weighted by Crippen LogP contribution is -2.31. The Kier molecular flexibility index (Phi) is 13.2. The van der Waals surface area contributed by atoms with Crippen molar-refractivity contribution in [3.63, 3.8) is 0 Å². The number of phenols is 1. The molecule has 230 valence electrons. The zero-order valence-corrected chi connectivity index (χ0v) is 24.7. The molecule has 2 aromatic carbocycles. The number of hydrogen-bond acceptors (Lipinski definition) is 11. The number of benzene rings is 2. The maximum atomic E-state index is 12.5. The average molecular weight is 623 g/mol. The highest BCUT2D eigenvalue weighted by Crippen LogP contribution is 2.29. The lowest BCUT2D eigenvalue weighted by Gasteiger charge is -2.27. The van der Waals surface area contributed by atoms with E-state index < -0.39 is 0 Å². The van der Waals surface area contributed by atoms with Crippen molar-refractivity contribution in [1.29, 1.82) is 0 Å². The maximum absolute atomic E-state index is 12.5. The Hall–Kier alpha value is -4.17. The third kappa shape index (κ3) is 9.17. The minimum Gasteiger partial charge on any atom is -0.506 e. The van der Waals surface area contributed by atoms with Crippen molar-refractivity contribution in [3.8, 4) is 5.75 Å². The number of amides is 1. The predicted molar refractivity (Wildman–Crippen MR) is 174 cm³/mol. The molecule has 0 bridgehead atoms. The first-order valence-electron chi connectivity index (χ1n) is 12.9. The molecule has 10 N–H and O–H groups in total. The number of phenolic OH excluding ortho intramolecular Hbond substituents is 1. The molecule has 1 saturated heterocycles. The molecule has 1 aliphatic heterocycles. The van der Waals surface area contributed by atoms with Crippen LogP contribution in [0, 0.1) is 0 Å². The summed E-state index contributed by atoms with van der Waals surface area (Å²) in [5, 5.41) is 20.3. The van der Waals surface area contributed by atoms with E-state index in [2.05, 4.69) is 40.8 Å². The standard InChI is InChI=1S/C27H30ClN9O2.ClH.2H3N.2H2/c28-20-7-5-19(6-8-20)24(39)32-22-10-9-21(17-23(22)38)31-26-33-25(30-11-4-13-36-16-12-29-18-36)34-27(35-26)37-14-2-1-3-15-37;;;;;/h5-10,12,16-18,38H,1-4,11,13-15H2,(H,32,39)(H2,30,31,33,34,35);1H;2*1H3;2*1H. The minimum atomic E-state index is -0.352. The maximum Gasteiger partial charge on any atom is 0.255 e. The minimum absolute atomic E-state index is 0. The zero-order chi connectivity index (χ0) is 27.0. The number of carbonyl (C=O) groups excluding carboxylic acids is 1. The predicted octanol–water partition coefficient (Wildman–Crippen LogP) is 6.15. The topological polar surface area (TPSA) is 203 Å². The number of imidazole rings is 1. The molecule has 42 heavy (non-hydrogen) atoms. The van der Waals surface area contributed by atoms with E-state index in [-0.39, 0.29) is 44.9 Å². The van der Waals surface area contributed by atoms with E-state index in [9.17, 15) is 9.90 Å². The van der Waals surface area contributed by atoms with Crippen molar-refractivity contribution < 1.29 is 12.8 Å². The Morgan fingerprint density at radius 2 is 1.74 bits per heavy atom. The second-order valence-electron chi connectivity index (χ2n) is 9.23. The summed E-state index contributed by atoms with van der Waals surface area (Å²) in [5.41, 5.74) is 1.28. The molecule has 1 fully saturated rings. The van der Waals surface area contributed by atoms with E-state index in [0.717, 1.165) is 38.9 Å². The summed E-state index contributed by atoms with van der Waals surface area (Å²) in [6.45, 7) is 3.31. The van der Waals surface area contributed by atoms with E-state index >= 15 is 0 Å². The number of nitrogens with zero attached hydrogens (tertiary/aromatic N) is 6. The highest BCUT2D eigenvalue weighted by atomic mass is 35.5. The lowest BCUT2D eigenvalue weighted by molar-refractivity contribution is 0.102. The zero-order valence-electron chi connectivity index (χ0n) is 23.2. The molecular weight excluding hydrogens is 581 g/mol. The van der Waals surface area contributed by atoms with Gasteiger partial charge in [-0.1, -0.05) is 11.6 Å². The molecule has 3 heterocycles. The molecule has 0 spiro atoms. The molecule has 2 aromatic heterocycles. The van der Waals surface area contributed by atoms with Crippen LogP contribution in [0.25, 0.3) is 0 Å². The van der Waals surface area contributed by atoms with Crippen molar-refractivity contribution in [3.05, 3.63) is 71.8 Å². The Morgan fingerprint density at radius 3 is 2.43 bits per heavy atom. The summed E-state index contributed by atoms with van der Waals surface area (Å²) < 4.78 is 2.02. The van der Waals surface area contributed by atoms with Crippen LogP contribution in [0.3, 0.4) is 0 Å². The van der Waals surface area contributed by atoms with E-state index in [1.807, 2.05) is 10.8 Å². The molecule has 4 aromatic rings. The van der Waals surface area contributed by atoms with Gasteiger partial charge < -0.3 is 42.8 Å². The van der Waals surface area contributed by atoms with Crippen LogP contribution in [-0.4, -0.2) is 55.2 Å². The summed E-state index contributed by atoms with van der Waals surface area (Å²) in [4.78, 5) is 32.6. The highest BCUT2D eigenvalue weighted by Gasteiger charge is 2.17. The van der Waals surface area contributed by atoms with Gasteiger partial charge in [-0.05, 0) is 62.1 Å². The Bertz CT molecular complexity index is 1410. The fraction of sp³-hybridized carbons (Fsp3) is 0.296. The lowest BCUT2D eigenvalue weighted by atomic mass is 10.1. The van der Waals surface area contributed by atoms with Crippen LogP contribution < -0.4 is 33.2 Å². The number of aromatic nitrogens is 5. The number of piperidine rings is 1. The molecule has 5 rings (SSSR count). The van der Waals surface area contributed by atoms with Gasteiger partial charge in [-0.2, -0.15) is 15.0 Å². The summed E-state index contributed by atoms with van der Waals surface area (Å²) in [5.74, 6) is 1.01. The van der Waals surface area contributed by atoms with Gasteiger partial charge in [-0.15, -0.1) is 12.4 Å². The van der Waals surface area contributed by atoms with Crippen LogP contribution in [0.1, 0.15) is 38.9 Å². The molecule has 15 heteroatoms. The molecule has 0 atom stereocenters. The summed E-state index contributed by atoms with van der Waals surface area (Å²) in [7, 11) is 0. The number of aromatic hydroxyl groups is 1. The van der Waals surface area contributed by atoms with Gasteiger partial charge in [0.2, 0.25) is 17.8 Å². The number of rotatable bonds is 10. The molecule has 1 aliphatic rings. The molecular formula is C27H41Cl2N11O2. The van der Waals surface area contributed by atoms with Gasteiger partial charge in [0.1, 0.15) is 5.75 Å². The SMILES string of the molecule is Cl.N.N.O=C(Nc1ccc(Nc2nc(NCCCn3ccnc3)nc(N3CCCCC3)n2)cc1O)c1ccc(Cl)cc1.[HH].[HH]. The van der Waals surface area contributed by atoms with Gasteiger partial charge in [-0.25, -0.2) is 4.98 Å².